The second-order valence-electron chi connectivity index (χ2n) is 4.63. The largest absolute Gasteiger partial charge is 0.349 e. The summed E-state index contributed by atoms with van der Waals surface area (Å²) in [6.07, 6.45) is 1.78. The van der Waals surface area contributed by atoms with E-state index in [9.17, 15) is 13.2 Å². The molecule has 0 N–H and O–H groups in total. The van der Waals surface area contributed by atoms with Gasteiger partial charge < -0.3 is 4.90 Å². The van der Waals surface area contributed by atoms with Gasteiger partial charge >= 0.3 is 0 Å². The molecule has 0 aliphatic carbocycles. The van der Waals surface area contributed by atoms with Crippen molar-refractivity contribution >= 4 is 5.82 Å². The fourth-order valence-electron chi connectivity index (χ4n) is 2.12. The summed E-state index contributed by atoms with van der Waals surface area (Å²) in [5, 5.41) is 0. The van der Waals surface area contributed by atoms with Crippen LogP contribution < -0.4 is 4.90 Å². The van der Waals surface area contributed by atoms with Gasteiger partial charge in [-0.2, -0.15) is 9.37 Å². The SMILES string of the molecule is CC1(C)CCCN1c1nc(F)c(F)cc1F. The van der Waals surface area contributed by atoms with Crippen molar-refractivity contribution in [2.24, 2.45) is 0 Å². The van der Waals surface area contributed by atoms with Crippen LogP contribution in [-0.4, -0.2) is 17.1 Å². The lowest BCUT2D eigenvalue weighted by molar-refractivity contribution is 0.451. The molecular formula is C11H13F3N2. The minimum atomic E-state index is -1.25. The number of aromatic nitrogens is 1. The van der Waals surface area contributed by atoms with Crippen molar-refractivity contribution < 1.29 is 13.2 Å². The van der Waals surface area contributed by atoms with E-state index in [1.807, 2.05) is 13.8 Å². The molecule has 5 heteroatoms. The monoisotopic (exact) mass is 230 g/mol. The number of hydrogen-bond acceptors (Lipinski definition) is 2. The van der Waals surface area contributed by atoms with Crippen molar-refractivity contribution in [3.63, 3.8) is 0 Å². The molecule has 1 aromatic rings. The highest BCUT2D eigenvalue weighted by atomic mass is 19.2. The van der Waals surface area contributed by atoms with Crippen LogP contribution in [0.3, 0.4) is 0 Å². The van der Waals surface area contributed by atoms with Crippen LogP contribution in [0.25, 0.3) is 0 Å². The zero-order chi connectivity index (χ0) is 11.9. The molecule has 0 atom stereocenters. The molecule has 0 amide bonds. The Labute approximate surface area is 92.1 Å². The zero-order valence-electron chi connectivity index (χ0n) is 9.23. The highest BCUT2D eigenvalue weighted by molar-refractivity contribution is 5.44. The summed E-state index contributed by atoms with van der Waals surface area (Å²) < 4.78 is 39.2. The maximum Gasteiger partial charge on any atom is 0.251 e. The van der Waals surface area contributed by atoms with E-state index in [0.29, 0.717) is 12.6 Å². The van der Waals surface area contributed by atoms with Gasteiger partial charge in [0.25, 0.3) is 5.95 Å². The van der Waals surface area contributed by atoms with Crippen LogP contribution >= 0.6 is 0 Å². The Morgan fingerprint density at radius 3 is 2.50 bits per heavy atom. The van der Waals surface area contributed by atoms with Crippen LogP contribution in [0.5, 0.6) is 0 Å². The van der Waals surface area contributed by atoms with Gasteiger partial charge in [0.2, 0.25) is 0 Å². The van der Waals surface area contributed by atoms with Crippen LogP contribution in [0.4, 0.5) is 19.0 Å². The molecular weight excluding hydrogens is 217 g/mol. The van der Waals surface area contributed by atoms with Gasteiger partial charge in [0.05, 0.1) is 0 Å². The maximum atomic E-state index is 13.5. The molecule has 0 radical (unpaired) electrons. The molecule has 1 aromatic heterocycles. The summed E-state index contributed by atoms with van der Waals surface area (Å²) in [5.74, 6) is -3.41. The Balaban J connectivity index is 2.44. The van der Waals surface area contributed by atoms with Gasteiger partial charge in [0.1, 0.15) is 0 Å². The molecule has 0 spiro atoms. The molecule has 1 saturated heterocycles. The third kappa shape index (κ3) is 1.74. The molecule has 88 valence electrons. The van der Waals surface area contributed by atoms with E-state index < -0.39 is 17.6 Å². The van der Waals surface area contributed by atoms with Crippen molar-refractivity contribution in [3.05, 3.63) is 23.6 Å². The topological polar surface area (TPSA) is 16.1 Å². The normalized spacial score (nSPS) is 19.2. The van der Waals surface area contributed by atoms with Crippen LogP contribution in [0.2, 0.25) is 0 Å². The molecule has 2 heterocycles. The van der Waals surface area contributed by atoms with Crippen molar-refractivity contribution in [3.8, 4) is 0 Å². The van der Waals surface area contributed by atoms with Crippen LogP contribution in [-0.2, 0) is 0 Å². The second kappa shape index (κ2) is 3.64. The van der Waals surface area contributed by atoms with Gasteiger partial charge in [-0.1, -0.05) is 0 Å². The lowest BCUT2D eigenvalue weighted by Gasteiger charge is -2.32. The van der Waals surface area contributed by atoms with E-state index >= 15 is 0 Å². The van der Waals surface area contributed by atoms with Gasteiger partial charge in [-0.3, -0.25) is 0 Å². The Morgan fingerprint density at radius 1 is 1.25 bits per heavy atom. The van der Waals surface area contributed by atoms with Crippen molar-refractivity contribution in [1.29, 1.82) is 0 Å². The molecule has 16 heavy (non-hydrogen) atoms. The molecule has 0 saturated carbocycles. The van der Waals surface area contributed by atoms with E-state index in [-0.39, 0.29) is 11.4 Å². The Hall–Kier alpha value is -1.26. The fourth-order valence-corrected chi connectivity index (χ4v) is 2.12. The predicted molar refractivity (Wildman–Crippen MR) is 54.8 cm³/mol. The molecule has 1 aliphatic heterocycles. The van der Waals surface area contributed by atoms with Gasteiger partial charge in [0, 0.05) is 18.2 Å². The molecule has 0 bridgehead atoms. The van der Waals surface area contributed by atoms with Crippen molar-refractivity contribution in [2.45, 2.75) is 32.2 Å². The number of pyridine rings is 1. The fraction of sp³-hybridized carbons (Fsp3) is 0.545. The van der Waals surface area contributed by atoms with E-state index in [1.54, 1.807) is 4.90 Å². The highest BCUT2D eigenvalue weighted by Gasteiger charge is 2.34. The summed E-state index contributed by atoms with van der Waals surface area (Å²) in [7, 11) is 0. The first-order chi connectivity index (χ1) is 7.42. The number of hydrogen-bond donors (Lipinski definition) is 0. The zero-order valence-corrected chi connectivity index (χ0v) is 9.23. The first kappa shape index (κ1) is 11.2. The average Bonchev–Trinajstić information content (AvgIpc) is 2.52. The third-order valence-electron chi connectivity index (χ3n) is 3.02. The Kier molecular flexibility index (Phi) is 2.56. The van der Waals surface area contributed by atoms with Crippen LogP contribution in [0.15, 0.2) is 6.07 Å². The van der Waals surface area contributed by atoms with Gasteiger partial charge in [-0.05, 0) is 26.7 Å². The van der Waals surface area contributed by atoms with E-state index in [1.165, 1.54) is 0 Å². The summed E-state index contributed by atoms with van der Waals surface area (Å²) in [4.78, 5) is 5.04. The minimum absolute atomic E-state index is 0.0959. The van der Waals surface area contributed by atoms with Gasteiger partial charge in [-0.15, -0.1) is 0 Å². The summed E-state index contributed by atoms with van der Waals surface area (Å²) >= 11 is 0. The molecule has 2 rings (SSSR count). The van der Waals surface area contributed by atoms with E-state index in [0.717, 1.165) is 12.8 Å². The van der Waals surface area contributed by atoms with Crippen LogP contribution in [0, 0.1) is 17.6 Å². The molecule has 1 aliphatic rings. The minimum Gasteiger partial charge on any atom is -0.349 e. The predicted octanol–water partition coefficient (Wildman–Crippen LogP) is 2.88. The third-order valence-corrected chi connectivity index (χ3v) is 3.02. The van der Waals surface area contributed by atoms with E-state index in [2.05, 4.69) is 4.98 Å². The summed E-state index contributed by atoms with van der Waals surface area (Å²) in [6.45, 7) is 4.48. The number of halogens is 3. The van der Waals surface area contributed by atoms with E-state index in [4.69, 9.17) is 0 Å². The Bertz CT molecular complexity index is 418. The van der Waals surface area contributed by atoms with Crippen LogP contribution in [0.1, 0.15) is 26.7 Å². The number of rotatable bonds is 1. The Morgan fingerprint density at radius 2 is 1.94 bits per heavy atom. The van der Waals surface area contributed by atoms with Crippen molar-refractivity contribution in [2.75, 3.05) is 11.4 Å². The maximum absolute atomic E-state index is 13.5. The second-order valence-corrected chi connectivity index (χ2v) is 4.63. The number of nitrogens with zero attached hydrogens (tertiary/aromatic N) is 2. The standard InChI is InChI=1S/C11H13F3N2/c1-11(2)4-3-5-16(11)10-8(13)6-7(12)9(14)15-10/h6H,3-5H2,1-2H3. The highest BCUT2D eigenvalue weighted by Crippen LogP contribution is 2.34. The lowest BCUT2D eigenvalue weighted by atomic mass is 10.0. The smallest absolute Gasteiger partial charge is 0.251 e. The molecule has 1 fully saturated rings. The first-order valence-corrected chi connectivity index (χ1v) is 5.21. The molecule has 2 nitrogen and oxygen atoms in total. The molecule has 0 aromatic carbocycles. The number of anilines is 1. The van der Waals surface area contributed by atoms with Gasteiger partial charge in [0.15, 0.2) is 17.5 Å². The molecule has 0 unspecified atom stereocenters. The van der Waals surface area contributed by atoms with Gasteiger partial charge in [-0.25, -0.2) is 8.78 Å². The quantitative estimate of drug-likeness (QED) is 0.689. The lowest BCUT2D eigenvalue weighted by Crippen LogP contribution is -2.39. The summed E-state index contributed by atoms with van der Waals surface area (Å²) in [5.41, 5.74) is -0.266. The first-order valence-electron chi connectivity index (χ1n) is 5.21. The van der Waals surface area contributed by atoms with Crippen molar-refractivity contribution in [1.82, 2.24) is 4.98 Å². The summed E-state index contributed by atoms with van der Waals surface area (Å²) in [6, 6.07) is 0.548. The average molecular weight is 230 g/mol.